The van der Waals surface area contributed by atoms with Gasteiger partial charge in [0.2, 0.25) is 11.6 Å². The third-order valence-corrected chi connectivity index (χ3v) is 5.37. The highest BCUT2D eigenvalue weighted by Crippen LogP contribution is 2.30. The number of hydrogen-bond donors (Lipinski definition) is 0. The van der Waals surface area contributed by atoms with E-state index in [-0.39, 0.29) is 18.1 Å². The first kappa shape index (κ1) is 21.8. The minimum atomic E-state index is -3.08. The van der Waals surface area contributed by atoms with Crippen molar-refractivity contribution in [3.8, 4) is 0 Å². The van der Waals surface area contributed by atoms with Crippen LogP contribution in [0.25, 0.3) is 0 Å². The summed E-state index contributed by atoms with van der Waals surface area (Å²) in [6, 6.07) is 0. The van der Waals surface area contributed by atoms with Crippen molar-refractivity contribution < 1.29 is 18.5 Å². The van der Waals surface area contributed by atoms with Crippen LogP contribution in [-0.4, -0.2) is 66.4 Å². The maximum atomic E-state index is 13.1. The van der Waals surface area contributed by atoms with Crippen LogP contribution in [0.15, 0.2) is 6.20 Å². The van der Waals surface area contributed by atoms with Gasteiger partial charge in [0.05, 0.1) is 10.6 Å². The number of carbonyl (C=O) groups excluding carboxylic acids is 1. The van der Waals surface area contributed by atoms with Crippen molar-refractivity contribution >= 4 is 11.6 Å². The molecule has 1 amide bonds. The highest BCUT2D eigenvalue weighted by Gasteiger charge is 2.32. The summed E-state index contributed by atoms with van der Waals surface area (Å²) in [6.07, 6.45) is -1.05. The second-order valence-electron chi connectivity index (χ2n) is 7.29. The van der Waals surface area contributed by atoms with Gasteiger partial charge in [-0.15, -0.1) is 0 Å². The van der Waals surface area contributed by atoms with Crippen LogP contribution < -0.4 is 0 Å². The number of aromatic nitrogens is 4. The lowest BCUT2D eigenvalue weighted by Crippen LogP contribution is -2.49. The van der Waals surface area contributed by atoms with Gasteiger partial charge in [-0.25, -0.2) is 8.78 Å². The number of rotatable bonds is 7. The molecule has 1 saturated heterocycles. The van der Waals surface area contributed by atoms with E-state index >= 15 is 0 Å². The second-order valence-corrected chi connectivity index (χ2v) is 7.29. The molecular weight excluding hydrogens is 400 g/mol. The van der Waals surface area contributed by atoms with Crippen molar-refractivity contribution in [2.75, 3.05) is 26.2 Å². The van der Waals surface area contributed by atoms with Crippen molar-refractivity contribution in [2.24, 2.45) is 0 Å². The first-order valence-corrected chi connectivity index (χ1v) is 9.74. The molecule has 1 aliphatic rings. The minimum absolute atomic E-state index is 0.0503. The van der Waals surface area contributed by atoms with Crippen LogP contribution in [0.3, 0.4) is 0 Å². The summed E-state index contributed by atoms with van der Waals surface area (Å²) < 4.78 is 29.0. The Hall–Kier alpha value is -2.89. The van der Waals surface area contributed by atoms with Gasteiger partial charge in [-0.3, -0.25) is 29.2 Å². The lowest BCUT2D eigenvalue weighted by molar-refractivity contribution is -0.386. The Morgan fingerprint density at radius 1 is 1.23 bits per heavy atom. The van der Waals surface area contributed by atoms with Crippen molar-refractivity contribution in [1.29, 1.82) is 0 Å². The normalized spacial score (nSPS) is 15.2. The predicted octanol–water partition coefficient (Wildman–Crippen LogP) is 1.91. The molecule has 1 aliphatic heterocycles. The van der Waals surface area contributed by atoms with Crippen LogP contribution in [0, 0.1) is 24.0 Å². The average molecular weight is 425 g/mol. The molecule has 0 aliphatic carbocycles. The molecule has 0 saturated carbocycles. The summed E-state index contributed by atoms with van der Waals surface area (Å²) >= 11 is 0. The van der Waals surface area contributed by atoms with E-state index in [0.29, 0.717) is 26.2 Å². The van der Waals surface area contributed by atoms with E-state index in [1.807, 2.05) is 24.7 Å². The lowest BCUT2D eigenvalue weighted by atomic mass is 10.2. The summed E-state index contributed by atoms with van der Waals surface area (Å²) in [5.74, 6) is -0.300. The molecule has 0 atom stereocenters. The minimum Gasteiger partial charge on any atom is -0.339 e. The monoisotopic (exact) mass is 425 g/mol. The van der Waals surface area contributed by atoms with Gasteiger partial charge in [0.15, 0.2) is 0 Å². The molecule has 0 unspecified atom stereocenters. The molecule has 30 heavy (non-hydrogen) atoms. The summed E-state index contributed by atoms with van der Waals surface area (Å²) in [7, 11) is 0. The van der Waals surface area contributed by atoms with Crippen LogP contribution in [-0.2, 0) is 24.4 Å². The maximum absolute atomic E-state index is 13.1. The van der Waals surface area contributed by atoms with Crippen LogP contribution in [0.4, 0.5) is 14.5 Å². The topological polar surface area (TPSA) is 102 Å². The molecule has 1 fully saturated rings. The molecular formula is C18H25F2N7O3. The molecule has 10 nitrogen and oxygen atoms in total. The van der Waals surface area contributed by atoms with E-state index in [9.17, 15) is 23.7 Å². The molecule has 2 aromatic heterocycles. The fraction of sp³-hybridized carbons (Fsp3) is 0.611. The molecule has 12 heteroatoms. The fourth-order valence-electron chi connectivity index (χ4n) is 3.59. The van der Waals surface area contributed by atoms with Crippen molar-refractivity contribution in [2.45, 2.75) is 46.8 Å². The Labute approximate surface area is 172 Å². The zero-order valence-electron chi connectivity index (χ0n) is 17.2. The Morgan fingerprint density at radius 2 is 1.90 bits per heavy atom. The Morgan fingerprint density at radius 3 is 2.40 bits per heavy atom. The zero-order chi connectivity index (χ0) is 22.0. The van der Waals surface area contributed by atoms with E-state index in [4.69, 9.17) is 0 Å². The molecule has 2 aromatic rings. The van der Waals surface area contributed by atoms with E-state index in [1.54, 1.807) is 4.90 Å². The van der Waals surface area contributed by atoms with Crippen molar-refractivity contribution in [3.05, 3.63) is 39.0 Å². The standard InChI is InChI=1S/C18H25F2N7O3/c1-4-25-10-14(12(2)21-25)9-23-5-7-24(8-6-23)15(28)11-26-13(3)17(27(29)30)16(22-26)18(19)20/h10,18H,4-9,11H2,1-3H3. The Kier molecular flexibility index (Phi) is 6.44. The Balaban J connectivity index is 1.60. The van der Waals surface area contributed by atoms with Crippen LogP contribution in [0.1, 0.15) is 36.0 Å². The number of carbonyl (C=O) groups is 1. The largest absolute Gasteiger partial charge is 0.339 e. The number of aryl methyl sites for hydroxylation is 2. The molecule has 0 bridgehead atoms. The van der Waals surface area contributed by atoms with Gasteiger partial charge in [0, 0.05) is 51.0 Å². The molecule has 0 N–H and O–H groups in total. The number of alkyl halides is 2. The molecule has 0 spiro atoms. The first-order chi connectivity index (χ1) is 14.2. The van der Waals surface area contributed by atoms with E-state index in [2.05, 4.69) is 15.1 Å². The number of amides is 1. The van der Waals surface area contributed by atoms with Crippen molar-refractivity contribution in [1.82, 2.24) is 29.4 Å². The summed E-state index contributed by atoms with van der Waals surface area (Å²) in [5.41, 5.74) is 0.450. The third-order valence-electron chi connectivity index (χ3n) is 5.37. The van der Waals surface area contributed by atoms with Gasteiger partial charge < -0.3 is 4.90 Å². The number of nitro groups is 1. The van der Waals surface area contributed by atoms with E-state index in [0.717, 1.165) is 29.0 Å². The lowest BCUT2D eigenvalue weighted by Gasteiger charge is -2.34. The fourth-order valence-corrected chi connectivity index (χ4v) is 3.59. The highest BCUT2D eigenvalue weighted by molar-refractivity contribution is 5.76. The maximum Gasteiger partial charge on any atom is 0.319 e. The van der Waals surface area contributed by atoms with Gasteiger partial charge in [-0.05, 0) is 20.8 Å². The summed E-state index contributed by atoms with van der Waals surface area (Å²) in [6.45, 7) is 8.89. The smallest absolute Gasteiger partial charge is 0.319 e. The highest BCUT2D eigenvalue weighted by atomic mass is 19.3. The number of nitrogens with zero attached hydrogens (tertiary/aromatic N) is 7. The number of hydrogen-bond acceptors (Lipinski definition) is 6. The zero-order valence-corrected chi connectivity index (χ0v) is 17.2. The SMILES string of the molecule is CCn1cc(CN2CCN(C(=O)Cn3nc(C(F)F)c([N+](=O)[O-])c3C)CC2)c(C)n1. The number of halogens is 2. The second kappa shape index (κ2) is 8.86. The van der Waals surface area contributed by atoms with Gasteiger partial charge in [0.25, 0.3) is 6.43 Å². The van der Waals surface area contributed by atoms with Crippen LogP contribution in [0.5, 0.6) is 0 Å². The van der Waals surface area contributed by atoms with E-state index in [1.165, 1.54) is 6.92 Å². The predicted molar refractivity (Wildman–Crippen MR) is 103 cm³/mol. The van der Waals surface area contributed by atoms with Gasteiger partial charge in [-0.1, -0.05) is 0 Å². The van der Waals surface area contributed by atoms with Gasteiger partial charge in [-0.2, -0.15) is 10.2 Å². The third kappa shape index (κ3) is 4.48. The molecule has 0 radical (unpaired) electrons. The average Bonchev–Trinajstić information content (AvgIpc) is 3.22. The molecule has 0 aromatic carbocycles. The number of piperazine rings is 1. The molecule has 164 valence electrons. The van der Waals surface area contributed by atoms with Gasteiger partial charge in [0.1, 0.15) is 12.2 Å². The summed E-state index contributed by atoms with van der Waals surface area (Å²) in [5, 5.41) is 19.1. The van der Waals surface area contributed by atoms with Crippen LogP contribution in [0.2, 0.25) is 0 Å². The van der Waals surface area contributed by atoms with Crippen molar-refractivity contribution in [3.63, 3.8) is 0 Å². The van der Waals surface area contributed by atoms with E-state index < -0.39 is 22.7 Å². The Bertz CT molecular complexity index is 933. The summed E-state index contributed by atoms with van der Waals surface area (Å²) in [4.78, 5) is 26.7. The first-order valence-electron chi connectivity index (χ1n) is 9.74. The quantitative estimate of drug-likeness (QED) is 0.496. The molecule has 3 rings (SSSR count). The van der Waals surface area contributed by atoms with Gasteiger partial charge >= 0.3 is 5.69 Å². The van der Waals surface area contributed by atoms with Crippen LogP contribution >= 0.6 is 0 Å². The molecule has 3 heterocycles.